The van der Waals surface area contributed by atoms with E-state index in [1.165, 1.54) is 0 Å². The van der Waals surface area contributed by atoms with Gasteiger partial charge in [0.1, 0.15) is 17.8 Å². The molecule has 1 aromatic rings. The van der Waals surface area contributed by atoms with E-state index in [0.29, 0.717) is 24.6 Å². The molecule has 96 valence electrons. The average Bonchev–Trinajstić information content (AvgIpc) is 2.34. The van der Waals surface area contributed by atoms with Gasteiger partial charge in [-0.25, -0.2) is 4.98 Å². The fraction of sp³-hybridized carbons (Fsp3) is 0.462. The highest BCUT2D eigenvalue weighted by Crippen LogP contribution is 2.08. The lowest BCUT2D eigenvalue weighted by Crippen LogP contribution is -2.37. The third-order valence-corrected chi connectivity index (χ3v) is 2.54. The number of carbonyl (C=O) groups is 1. The Balaban J connectivity index is 2.67. The molecule has 1 heterocycles. The highest BCUT2D eigenvalue weighted by molar-refractivity contribution is 5.73. The zero-order chi connectivity index (χ0) is 13.5. The van der Waals surface area contributed by atoms with Gasteiger partial charge in [-0.3, -0.25) is 4.79 Å². The Morgan fingerprint density at radius 3 is 2.89 bits per heavy atom. The maximum absolute atomic E-state index is 11.1. The molecule has 0 aliphatic heterocycles. The van der Waals surface area contributed by atoms with Crippen LogP contribution in [0.5, 0.6) is 0 Å². The van der Waals surface area contributed by atoms with Gasteiger partial charge >= 0.3 is 5.97 Å². The Labute approximate surface area is 106 Å². The van der Waals surface area contributed by atoms with Crippen LogP contribution in [-0.2, 0) is 11.3 Å². The molecule has 5 nitrogen and oxygen atoms in total. The molecule has 1 aromatic heterocycles. The highest BCUT2D eigenvalue weighted by Gasteiger charge is 2.18. The number of carboxylic acid groups (broad SMARTS) is 1. The number of carboxylic acids is 1. The van der Waals surface area contributed by atoms with Crippen LogP contribution in [0.15, 0.2) is 18.3 Å². The van der Waals surface area contributed by atoms with Crippen LogP contribution in [0.3, 0.4) is 0 Å². The average molecular weight is 247 g/mol. The van der Waals surface area contributed by atoms with Crippen molar-refractivity contribution in [2.24, 2.45) is 5.92 Å². The van der Waals surface area contributed by atoms with E-state index in [9.17, 15) is 4.79 Å². The maximum atomic E-state index is 11.1. The van der Waals surface area contributed by atoms with E-state index >= 15 is 0 Å². The lowest BCUT2D eigenvalue weighted by atomic mass is 10.0. The Morgan fingerprint density at radius 2 is 2.33 bits per heavy atom. The van der Waals surface area contributed by atoms with Gasteiger partial charge in [0.2, 0.25) is 0 Å². The maximum Gasteiger partial charge on any atom is 0.320 e. The molecule has 0 radical (unpaired) electrons. The zero-order valence-corrected chi connectivity index (χ0v) is 10.6. The van der Waals surface area contributed by atoms with Crippen molar-refractivity contribution in [2.45, 2.75) is 32.9 Å². The third kappa shape index (κ3) is 4.15. The zero-order valence-electron chi connectivity index (χ0n) is 10.6. The van der Waals surface area contributed by atoms with Crippen molar-refractivity contribution in [1.82, 2.24) is 10.3 Å². The summed E-state index contributed by atoms with van der Waals surface area (Å²) in [4.78, 5) is 15.0. The number of hydrogen-bond acceptors (Lipinski definition) is 4. The van der Waals surface area contributed by atoms with E-state index < -0.39 is 12.0 Å². The molecule has 0 spiro atoms. The lowest BCUT2D eigenvalue weighted by molar-refractivity contribution is -0.140. The van der Waals surface area contributed by atoms with Crippen LogP contribution in [0.4, 0.5) is 0 Å². The van der Waals surface area contributed by atoms with Crippen molar-refractivity contribution in [2.75, 3.05) is 0 Å². The predicted octanol–water partition coefficient (Wildman–Crippen LogP) is 1.54. The molecule has 18 heavy (non-hydrogen) atoms. The summed E-state index contributed by atoms with van der Waals surface area (Å²) < 4.78 is 0. The van der Waals surface area contributed by atoms with Crippen LogP contribution >= 0.6 is 0 Å². The van der Waals surface area contributed by atoms with Crippen molar-refractivity contribution in [3.05, 3.63) is 29.6 Å². The Morgan fingerprint density at radius 1 is 1.61 bits per heavy atom. The Kier molecular flexibility index (Phi) is 5.28. The molecule has 0 saturated heterocycles. The largest absolute Gasteiger partial charge is 0.480 e. The Hall–Kier alpha value is -1.93. The molecule has 1 rings (SSSR count). The Bertz CT molecular complexity index is 452. The quantitative estimate of drug-likeness (QED) is 0.796. The van der Waals surface area contributed by atoms with Gasteiger partial charge in [-0.15, -0.1) is 0 Å². The van der Waals surface area contributed by atoms with Gasteiger partial charge in [0.25, 0.3) is 0 Å². The van der Waals surface area contributed by atoms with E-state index in [2.05, 4.69) is 10.3 Å². The molecule has 0 bridgehead atoms. The van der Waals surface area contributed by atoms with Crippen LogP contribution in [0.25, 0.3) is 0 Å². The standard InChI is InChI=1S/C13H17N3O2/c1-9(2)6-11(13(17)18)16-8-10-4-3-5-15-12(10)7-14/h3-5,9,11,16H,6,8H2,1-2H3,(H,17,18). The summed E-state index contributed by atoms with van der Waals surface area (Å²) in [5.41, 5.74) is 1.05. The molecule has 1 unspecified atom stereocenters. The van der Waals surface area contributed by atoms with Crippen molar-refractivity contribution in [3.8, 4) is 6.07 Å². The second kappa shape index (κ2) is 6.72. The van der Waals surface area contributed by atoms with E-state index in [1.54, 1.807) is 18.3 Å². The summed E-state index contributed by atoms with van der Waals surface area (Å²) in [5, 5.41) is 20.9. The van der Waals surface area contributed by atoms with Gasteiger partial charge in [-0.05, 0) is 18.4 Å². The van der Waals surface area contributed by atoms with E-state index in [1.807, 2.05) is 19.9 Å². The van der Waals surface area contributed by atoms with Gasteiger partial charge in [0, 0.05) is 18.3 Å². The van der Waals surface area contributed by atoms with Crippen LogP contribution < -0.4 is 5.32 Å². The van der Waals surface area contributed by atoms with Gasteiger partial charge in [-0.1, -0.05) is 19.9 Å². The second-order valence-electron chi connectivity index (χ2n) is 4.52. The van der Waals surface area contributed by atoms with Gasteiger partial charge in [0.15, 0.2) is 0 Å². The second-order valence-corrected chi connectivity index (χ2v) is 4.52. The summed E-state index contributed by atoms with van der Waals surface area (Å²) >= 11 is 0. The molecule has 0 amide bonds. The van der Waals surface area contributed by atoms with Crippen LogP contribution in [-0.4, -0.2) is 22.1 Å². The van der Waals surface area contributed by atoms with Crippen molar-refractivity contribution in [1.29, 1.82) is 5.26 Å². The molecule has 0 aromatic carbocycles. The minimum atomic E-state index is -0.869. The van der Waals surface area contributed by atoms with E-state index in [4.69, 9.17) is 10.4 Å². The molecule has 0 aliphatic rings. The van der Waals surface area contributed by atoms with Crippen LogP contribution in [0.1, 0.15) is 31.5 Å². The van der Waals surface area contributed by atoms with Crippen molar-refractivity contribution >= 4 is 5.97 Å². The van der Waals surface area contributed by atoms with Gasteiger partial charge in [0.05, 0.1) is 0 Å². The molecule has 0 saturated carbocycles. The van der Waals surface area contributed by atoms with Crippen LogP contribution in [0, 0.1) is 17.2 Å². The SMILES string of the molecule is CC(C)CC(NCc1cccnc1C#N)C(=O)O. The first kappa shape index (κ1) is 14.1. The minimum absolute atomic E-state index is 0.294. The van der Waals surface area contributed by atoms with Crippen LogP contribution in [0.2, 0.25) is 0 Å². The number of aliphatic carboxylic acids is 1. The molecular formula is C13H17N3O2. The predicted molar refractivity (Wildman–Crippen MR) is 66.7 cm³/mol. The summed E-state index contributed by atoms with van der Waals surface area (Å²) in [6.45, 7) is 4.28. The van der Waals surface area contributed by atoms with E-state index in [-0.39, 0.29) is 0 Å². The van der Waals surface area contributed by atoms with Gasteiger partial charge < -0.3 is 10.4 Å². The lowest BCUT2D eigenvalue weighted by Gasteiger charge is -2.16. The third-order valence-electron chi connectivity index (χ3n) is 2.54. The fourth-order valence-electron chi connectivity index (χ4n) is 1.66. The number of aromatic nitrogens is 1. The number of pyridine rings is 1. The molecule has 0 fully saturated rings. The fourth-order valence-corrected chi connectivity index (χ4v) is 1.66. The van der Waals surface area contributed by atoms with Crippen molar-refractivity contribution in [3.63, 3.8) is 0 Å². The summed E-state index contributed by atoms with van der Waals surface area (Å²) in [6.07, 6.45) is 2.10. The molecule has 1 atom stereocenters. The minimum Gasteiger partial charge on any atom is -0.480 e. The summed E-state index contributed by atoms with van der Waals surface area (Å²) in [6, 6.07) is 4.89. The molecular weight excluding hydrogens is 230 g/mol. The number of nitrogens with one attached hydrogen (secondary N) is 1. The first-order valence-electron chi connectivity index (χ1n) is 5.84. The van der Waals surface area contributed by atoms with E-state index in [0.717, 1.165) is 5.56 Å². The number of nitrogens with zero attached hydrogens (tertiary/aromatic N) is 2. The summed E-state index contributed by atoms with van der Waals surface area (Å²) in [7, 11) is 0. The summed E-state index contributed by atoms with van der Waals surface area (Å²) in [5.74, 6) is -0.575. The molecule has 5 heteroatoms. The van der Waals surface area contributed by atoms with Gasteiger partial charge in [-0.2, -0.15) is 5.26 Å². The smallest absolute Gasteiger partial charge is 0.320 e. The molecule has 0 aliphatic carbocycles. The molecule has 2 N–H and O–H groups in total. The van der Waals surface area contributed by atoms with Crippen molar-refractivity contribution < 1.29 is 9.90 Å². The number of hydrogen-bond donors (Lipinski definition) is 2. The topological polar surface area (TPSA) is 86.0 Å². The normalized spacial score (nSPS) is 12.1. The highest BCUT2D eigenvalue weighted by atomic mass is 16.4. The monoisotopic (exact) mass is 247 g/mol. The number of nitriles is 1. The first-order valence-corrected chi connectivity index (χ1v) is 5.84. The number of rotatable bonds is 6. The first-order chi connectivity index (χ1) is 8.54.